The lowest BCUT2D eigenvalue weighted by Crippen LogP contribution is -2.40. The summed E-state index contributed by atoms with van der Waals surface area (Å²) in [7, 11) is 0. The molecule has 0 atom stereocenters. The van der Waals surface area contributed by atoms with Crippen molar-refractivity contribution < 1.29 is 19.4 Å². The van der Waals surface area contributed by atoms with E-state index in [2.05, 4.69) is 0 Å². The van der Waals surface area contributed by atoms with E-state index in [4.69, 9.17) is 14.8 Å². The van der Waals surface area contributed by atoms with Gasteiger partial charge >= 0.3 is 5.97 Å². The predicted molar refractivity (Wildman–Crippen MR) is 147 cm³/mol. The number of aliphatic imine (C=N–C) groups is 1. The predicted octanol–water partition coefficient (Wildman–Crippen LogP) is 6.90. The molecule has 1 amide bonds. The fraction of sp³-hybridized carbons (Fsp3) is 0.233. The Hall–Kier alpha value is -3.84. The van der Waals surface area contributed by atoms with Gasteiger partial charge in [0.05, 0.1) is 16.2 Å². The number of rotatable bonds is 7. The van der Waals surface area contributed by atoms with E-state index in [0.29, 0.717) is 17.3 Å². The summed E-state index contributed by atoms with van der Waals surface area (Å²) in [6, 6.07) is 24.2. The van der Waals surface area contributed by atoms with Gasteiger partial charge < -0.3 is 9.84 Å². The number of thioether (sulfide) groups is 1. The minimum absolute atomic E-state index is 0.0247. The molecule has 6 nitrogen and oxygen atoms in total. The van der Waals surface area contributed by atoms with E-state index < -0.39 is 5.97 Å². The van der Waals surface area contributed by atoms with E-state index in [1.165, 1.54) is 18.2 Å². The van der Waals surface area contributed by atoms with Crippen molar-refractivity contribution in [1.29, 1.82) is 0 Å². The molecule has 7 heteroatoms. The first-order valence-electron chi connectivity index (χ1n) is 12.5. The molecule has 1 aliphatic carbocycles. The van der Waals surface area contributed by atoms with Gasteiger partial charge in [-0.25, -0.2) is 9.79 Å². The van der Waals surface area contributed by atoms with Crippen molar-refractivity contribution in [3.8, 4) is 5.75 Å². The standard InChI is InChI=1S/C30H28N2O4S/c33-28-27(37-30(31-24-7-3-1-4-8-24)32(28)25-9-5-2-6-10-25)19-21-13-17-26(18-14-21)36-20-22-11-15-23(16-12-22)29(34)35/h1,3-4,7-8,11-19,25H,2,5-6,9-10,20H2,(H,34,35)/b27-19+,31-30?. The Labute approximate surface area is 220 Å². The number of hydrogen-bond donors (Lipinski definition) is 1. The summed E-state index contributed by atoms with van der Waals surface area (Å²) >= 11 is 1.44. The molecule has 3 aromatic carbocycles. The van der Waals surface area contributed by atoms with E-state index in [1.807, 2.05) is 65.6 Å². The Morgan fingerprint density at radius 1 is 0.973 bits per heavy atom. The van der Waals surface area contributed by atoms with Crippen molar-refractivity contribution in [2.45, 2.75) is 44.8 Å². The number of carbonyl (C=O) groups is 2. The molecule has 1 aliphatic heterocycles. The maximum absolute atomic E-state index is 13.5. The first-order chi connectivity index (χ1) is 18.1. The number of amides is 1. The number of benzene rings is 3. The number of ether oxygens (including phenoxy) is 1. The quantitative estimate of drug-likeness (QED) is 0.348. The van der Waals surface area contributed by atoms with Gasteiger partial charge in [0, 0.05) is 6.04 Å². The van der Waals surface area contributed by atoms with Crippen molar-refractivity contribution in [3.63, 3.8) is 0 Å². The van der Waals surface area contributed by atoms with Crippen molar-refractivity contribution >= 4 is 40.6 Å². The van der Waals surface area contributed by atoms with Crippen LogP contribution in [0.4, 0.5) is 5.69 Å². The summed E-state index contributed by atoms with van der Waals surface area (Å²) in [4.78, 5) is 31.9. The molecule has 1 N–H and O–H groups in total. The summed E-state index contributed by atoms with van der Waals surface area (Å²) in [5.74, 6) is -0.224. The van der Waals surface area contributed by atoms with Crippen molar-refractivity contribution in [3.05, 3.63) is 100 Å². The fourth-order valence-corrected chi connectivity index (χ4v) is 5.62. The number of aromatic carboxylic acids is 1. The van der Waals surface area contributed by atoms with Crippen molar-refractivity contribution in [2.24, 2.45) is 4.99 Å². The summed E-state index contributed by atoms with van der Waals surface area (Å²) in [6.07, 6.45) is 7.45. The minimum atomic E-state index is -0.948. The number of amidine groups is 1. The number of carboxylic acids is 1. The average molecular weight is 513 g/mol. The number of carboxylic acid groups (broad SMARTS) is 1. The summed E-state index contributed by atoms with van der Waals surface area (Å²) < 4.78 is 5.85. The largest absolute Gasteiger partial charge is 0.489 e. The zero-order valence-corrected chi connectivity index (χ0v) is 21.2. The summed E-state index contributed by atoms with van der Waals surface area (Å²) in [5.41, 5.74) is 2.90. The van der Waals surface area contributed by atoms with Gasteiger partial charge in [0.15, 0.2) is 5.17 Å². The van der Waals surface area contributed by atoms with Gasteiger partial charge in [-0.15, -0.1) is 0 Å². The lowest BCUT2D eigenvalue weighted by atomic mass is 9.94. The number of hydrogen-bond acceptors (Lipinski definition) is 5. The maximum atomic E-state index is 13.5. The molecule has 2 fully saturated rings. The Bertz CT molecular complexity index is 1310. The molecule has 0 aromatic heterocycles. The van der Waals surface area contributed by atoms with Gasteiger partial charge in [-0.2, -0.15) is 0 Å². The second kappa shape index (κ2) is 11.5. The minimum Gasteiger partial charge on any atom is -0.489 e. The number of nitrogens with zero attached hydrogens (tertiary/aromatic N) is 2. The third-order valence-electron chi connectivity index (χ3n) is 6.54. The normalized spacial score (nSPS) is 18.5. The van der Waals surface area contributed by atoms with E-state index in [0.717, 1.165) is 47.7 Å². The van der Waals surface area contributed by atoms with Gasteiger partial charge in [0.25, 0.3) is 5.91 Å². The molecule has 3 aromatic rings. The Balaban J connectivity index is 1.30. The van der Waals surface area contributed by atoms with E-state index in [-0.39, 0.29) is 17.5 Å². The van der Waals surface area contributed by atoms with Crippen LogP contribution in [0.3, 0.4) is 0 Å². The average Bonchev–Trinajstić information content (AvgIpc) is 3.23. The van der Waals surface area contributed by atoms with Crippen LogP contribution in [0.1, 0.15) is 53.6 Å². The fourth-order valence-electron chi connectivity index (χ4n) is 4.56. The van der Waals surface area contributed by atoms with E-state index in [9.17, 15) is 9.59 Å². The van der Waals surface area contributed by atoms with Gasteiger partial charge in [0.1, 0.15) is 12.4 Å². The van der Waals surface area contributed by atoms with Crippen LogP contribution in [0, 0.1) is 0 Å². The molecule has 1 heterocycles. The van der Waals surface area contributed by atoms with Crippen LogP contribution in [0.5, 0.6) is 5.75 Å². The first-order valence-corrected chi connectivity index (χ1v) is 13.3. The van der Waals surface area contributed by atoms with Gasteiger partial charge in [-0.3, -0.25) is 9.69 Å². The van der Waals surface area contributed by atoms with Gasteiger partial charge in [0.2, 0.25) is 0 Å². The zero-order chi connectivity index (χ0) is 25.6. The lowest BCUT2D eigenvalue weighted by molar-refractivity contribution is -0.124. The summed E-state index contributed by atoms with van der Waals surface area (Å²) in [6.45, 7) is 0.338. The Morgan fingerprint density at radius 3 is 2.35 bits per heavy atom. The first kappa shape index (κ1) is 24.8. The second-order valence-electron chi connectivity index (χ2n) is 9.17. The number of carbonyl (C=O) groups excluding carboxylic acids is 1. The summed E-state index contributed by atoms with van der Waals surface area (Å²) in [5, 5.41) is 9.77. The SMILES string of the molecule is O=C(O)c1ccc(COc2ccc(/C=C3/SC(=Nc4ccccc4)N(C4CCCCC4)C3=O)cc2)cc1. The zero-order valence-electron chi connectivity index (χ0n) is 20.4. The molecule has 0 spiro atoms. The van der Waals surface area contributed by atoms with Gasteiger partial charge in [-0.05, 0) is 78.2 Å². The molecule has 1 saturated carbocycles. The molecule has 2 aliphatic rings. The molecule has 0 bridgehead atoms. The van der Waals surface area contributed by atoms with E-state index >= 15 is 0 Å². The molecule has 188 valence electrons. The van der Waals surface area contributed by atoms with Crippen LogP contribution in [0.2, 0.25) is 0 Å². The highest BCUT2D eigenvalue weighted by Gasteiger charge is 2.38. The van der Waals surface area contributed by atoms with Crippen molar-refractivity contribution in [2.75, 3.05) is 0 Å². The molecule has 37 heavy (non-hydrogen) atoms. The Kier molecular flexibility index (Phi) is 7.70. The highest BCUT2D eigenvalue weighted by molar-refractivity contribution is 8.18. The molecule has 0 unspecified atom stereocenters. The smallest absolute Gasteiger partial charge is 0.335 e. The second-order valence-corrected chi connectivity index (χ2v) is 10.2. The topological polar surface area (TPSA) is 79.2 Å². The van der Waals surface area contributed by atoms with E-state index in [1.54, 1.807) is 24.3 Å². The molecule has 0 radical (unpaired) electrons. The van der Waals surface area contributed by atoms with Crippen LogP contribution in [0.25, 0.3) is 6.08 Å². The highest BCUT2D eigenvalue weighted by atomic mass is 32.2. The molecule has 1 saturated heterocycles. The van der Waals surface area contributed by atoms with Crippen LogP contribution in [-0.2, 0) is 11.4 Å². The molecular weight excluding hydrogens is 484 g/mol. The maximum Gasteiger partial charge on any atom is 0.335 e. The molecule has 5 rings (SSSR count). The number of para-hydroxylation sites is 1. The third kappa shape index (κ3) is 6.12. The van der Waals surface area contributed by atoms with Gasteiger partial charge in [-0.1, -0.05) is 61.7 Å². The Morgan fingerprint density at radius 2 is 1.68 bits per heavy atom. The van der Waals surface area contributed by atoms with Crippen molar-refractivity contribution in [1.82, 2.24) is 4.90 Å². The molecular formula is C30H28N2O4S. The van der Waals surface area contributed by atoms with Crippen LogP contribution >= 0.6 is 11.8 Å². The third-order valence-corrected chi connectivity index (χ3v) is 7.52. The van der Waals surface area contributed by atoms with Crippen LogP contribution < -0.4 is 4.74 Å². The van der Waals surface area contributed by atoms with Crippen LogP contribution in [0.15, 0.2) is 88.8 Å². The monoisotopic (exact) mass is 512 g/mol. The highest BCUT2D eigenvalue weighted by Crippen LogP contribution is 2.38. The lowest BCUT2D eigenvalue weighted by Gasteiger charge is -2.30. The van der Waals surface area contributed by atoms with Crippen LogP contribution in [-0.4, -0.2) is 33.1 Å².